The van der Waals surface area contributed by atoms with Crippen molar-refractivity contribution in [3.63, 3.8) is 0 Å². The molecule has 1 amide bonds. The maximum absolute atomic E-state index is 12.5. The molecule has 0 heterocycles. The first-order valence-corrected chi connectivity index (χ1v) is 8.02. The number of ether oxygens (including phenoxy) is 2. The molecule has 0 bridgehead atoms. The molecule has 8 heteroatoms. The van der Waals surface area contributed by atoms with E-state index in [-0.39, 0.29) is 36.5 Å². The highest BCUT2D eigenvalue weighted by molar-refractivity contribution is 5.85. The number of hydrogen-bond acceptors (Lipinski definition) is 4. The van der Waals surface area contributed by atoms with Gasteiger partial charge in [0.2, 0.25) is 5.91 Å². The standard InChI is InChI=1S/C17H24F2N2O3.ClH/c1-17(20)8-4-3-5-13(17)15(22)21-10-11-9-12(23-2)6-7-14(11)24-16(18)19;/h6-7,9,13,16H,3-5,8,10,20H2,1-2H3,(H,21,22);1H. The first kappa shape index (κ1) is 21.4. The van der Waals surface area contributed by atoms with Crippen LogP contribution in [0.5, 0.6) is 11.5 Å². The van der Waals surface area contributed by atoms with E-state index in [1.807, 2.05) is 6.92 Å². The van der Waals surface area contributed by atoms with E-state index in [4.69, 9.17) is 10.5 Å². The SMILES string of the molecule is COc1ccc(OC(F)F)c(CNC(=O)C2CCCCC2(C)N)c1.Cl. The van der Waals surface area contributed by atoms with Crippen molar-refractivity contribution in [2.75, 3.05) is 7.11 Å². The van der Waals surface area contributed by atoms with Crippen molar-refractivity contribution in [2.24, 2.45) is 11.7 Å². The predicted molar refractivity (Wildman–Crippen MR) is 93.3 cm³/mol. The van der Waals surface area contributed by atoms with Crippen molar-refractivity contribution < 1.29 is 23.0 Å². The summed E-state index contributed by atoms with van der Waals surface area (Å²) in [7, 11) is 1.48. The van der Waals surface area contributed by atoms with E-state index in [1.54, 1.807) is 6.07 Å². The molecule has 25 heavy (non-hydrogen) atoms. The van der Waals surface area contributed by atoms with Gasteiger partial charge in [-0.3, -0.25) is 4.79 Å². The average Bonchev–Trinajstić information content (AvgIpc) is 2.52. The fraction of sp³-hybridized carbons (Fsp3) is 0.588. The van der Waals surface area contributed by atoms with Gasteiger partial charge < -0.3 is 20.5 Å². The molecule has 1 aromatic rings. The van der Waals surface area contributed by atoms with Gasteiger partial charge in [0.1, 0.15) is 11.5 Å². The summed E-state index contributed by atoms with van der Waals surface area (Å²) in [5.74, 6) is 0.0780. The van der Waals surface area contributed by atoms with E-state index in [0.717, 1.165) is 25.7 Å². The number of carbonyl (C=O) groups excluding carboxylic acids is 1. The maximum atomic E-state index is 12.5. The molecule has 5 nitrogen and oxygen atoms in total. The number of carbonyl (C=O) groups is 1. The van der Waals surface area contributed by atoms with Crippen LogP contribution in [0.1, 0.15) is 38.2 Å². The number of amides is 1. The highest BCUT2D eigenvalue weighted by Crippen LogP contribution is 2.32. The average molecular weight is 379 g/mol. The molecule has 1 saturated carbocycles. The first-order chi connectivity index (χ1) is 11.3. The number of alkyl halides is 2. The van der Waals surface area contributed by atoms with Crippen LogP contribution >= 0.6 is 12.4 Å². The van der Waals surface area contributed by atoms with Crippen molar-refractivity contribution in [1.29, 1.82) is 0 Å². The van der Waals surface area contributed by atoms with Crippen molar-refractivity contribution >= 4 is 18.3 Å². The molecular formula is C17H25ClF2N2O3. The molecule has 142 valence electrons. The lowest BCUT2D eigenvalue weighted by molar-refractivity contribution is -0.128. The zero-order valence-corrected chi connectivity index (χ0v) is 15.2. The summed E-state index contributed by atoms with van der Waals surface area (Å²) >= 11 is 0. The lowest BCUT2D eigenvalue weighted by Gasteiger charge is -2.37. The molecule has 0 saturated heterocycles. The number of rotatable bonds is 6. The Morgan fingerprint density at radius 2 is 2.16 bits per heavy atom. The highest BCUT2D eigenvalue weighted by atomic mass is 35.5. The third-order valence-electron chi connectivity index (χ3n) is 4.51. The number of halogens is 3. The summed E-state index contributed by atoms with van der Waals surface area (Å²) in [4.78, 5) is 12.5. The quantitative estimate of drug-likeness (QED) is 0.797. The van der Waals surface area contributed by atoms with Crippen LogP contribution in [0.3, 0.4) is 0 Å². The van der Waals surface area contributed by atoms with Gasteiger partial charge in [-0.1, -0.05) is 12.8 Å². The topological polar surface area (TPSA) is 73.6 Å². The highest BCUT2D eigenvalue weighted by Gasteiger charge is 2.37. The van der Waals surface area contributed by atoms with Gasteiger partial charge in [0.15, 0.2) is 0 Å². The zero-order valence-electron chi connectivity index (χ0n) is 14.4. The molecule has 0 spiro atoms. The van der Waals surface area contributed by atoms with Crippen molar-refractivity contribution in [3.8, 4) is 11.5 Å². The Morgan fingerprint density at radius 1 is 1.44 bits per heavy atom. The van der Waals surface area contributed by atoms with Gasteiger partial charge in [0.25, 0.3) is 0 Å². The van der Waals surface area contributed by atoms with Gasteiger partial charge in [-0.2, -0.15) is 8.78 Å². The molecule has 2 atom stereocenters. The second-order valence-corrected chi connectivity index (χ2v) is 6.37. The van der Waals surface area contributed by atoms with Gasteiger partial charge in [-0.15, -0.1) is 12.4 Å². The molecule has 1 aliphatic rings. The summed E-state index contributed by atoms with van der Waals surface area (Å²) in [6.45, 7) is -0.976. The minimum atomic E-state index is -2.93. The molecule has 3 N–H and O–H groups in total. The molecule has 1 aliphatic carbocycles. The summed E-state index contributed by atoms with van der Waals surface area (Å²) in [5, 5.41) is 2.79. The van der Waals surface area contributed by atoms with E-state index in [9.17, 15) is 13.6 Å². The predicted octanol–water partition coefficient (Wildman–Crippen LogP) is 3.24. The number of hydrogen-bond donors (Lipinski definition) is 2. The van der Waals surface area contributed by atoms with E-state index in [0.29, 0.717) is 11.3 Å². The Hall–Kier alpha value is -1.60. The van der Waals surface area contributed by atoms with Crippen molar-refractivity contribution in [1.82, 2.24) is 5.32 Å². The molecule has 0 aromatic heterocycles. The second kappa shape index (κ2) is 9.20. The lowest BCUT2D eigenvalue weighted by Crippen LogP contribution is -2.52. The summed E-state index contributed by atoms with van der Waals surface area (Å²) in [6, 6.07) is 4.50. The fourth-order valence-corrected chi connectivity index (χ4v) is 3.13. The summed E-state index contributed by atoms with van der Waals surface area (Å²) < 4.78 is 34.6. The van der Waals surface area contributed by atoms with Crippen molar-refractivity contribution in [2.45, 2.75) is 51.3 Å². The normalized spacial score (nSPS) is 22.9. The number of nitrogens with one attached hydrogen (secondary N) is 1. The maximum Gasteiger partial charge on any atom is 0.387 e. The Balaban J connectivity index is 0.00000312. The first-order valence-electron chi connectivity index (χ1n) is 8.02. The molecule has 2 unspecified atom stereocenters. The smallest absolute Gasteiger partial charge is 0.387 e. The van der Waals surface area contributed by atoms with Gasteiger partial charge >= 0.3 is 6.61 Å². The van der Waals surface area contributed by atoms with E-state index in [2.05, 4.69) is 10.1 Å². The van der Waals surface area contributed by atoms with Crippen LogP contribution in [-0.2, 0) is 11.3 Å². The molecule has 0 radical (unpaired) electrons. The Kier molecular flexibility index (Phi) is 7.89. The molecule has 1 fully saturated rings. The van der Waals surface area contributed by atoms with Crippen LogP contribution in [-0.4, -0.2) is 25.2 Å². The van der Waals surface area contributed by atoms with Crippen LogP contribution < -0.4 is 20.5 Å². The largest absolute Gasteiger partial charge is 0.497 e. The van der Waals surface area contributed by atoms with E-state index >= 15 is 0 Å². The van der Waals surface area contributed by atoms with Gasteiger partial charge in [-0.25, -0.2) is 0 Å². The van der Waals surface area contributed by atoms with Gasteiger partial charge in [0.05, 0.1) is 13.0 Å². The number of nitrogens with two attached hydrogens (primary N) is 1. The minimum absolute atomic E-state index is 0. The van der Waals surface area contributed by atoms with Crippen molar-refractivity contribution in [3.05, 3.63) is 23.8 Å². The van der Waals surface area contributed by atoms with E-state index in [1.165, 1.54) is 19.2 Å². The van der Waals surface area contributed by atoms with Crippen LogP contribution in [0, 0.1) is 5.92 Å². The minimum Gasteiger partial charge on any atom is -0.497 e. The van der Waals surface area contributed by atoms with Gasteiger partial charge in [0, 0.05) is 17.6 Å². The van der Waals surface area contributed by atoms with Crippen LogP contribution in [0.2, 0.25) is 0 Å². The number of methoxy groups -OCH3 is 1. The zero-order chi connectivity index (χ0) is 17.7. The summed E-state index contributed by atoms with van der Waals surface area (Å²) in [5.41, 5.74) is 6.11. The Labute approximate surface area is 152 Å². The number of benzene rings is 1. The molecule has 0 aliphatic heterocycles. The van der Waals surface area contributed by atoms with Crippen LogP contribution in [0.4, 0.5) is 8.78 Å². The van der Waals surface area contributed by atoms with Crippen LogP contribution in [0.25, 0.3) is 0 Å². The molecule has 1 aromatic carbocycles. The Bertz CT molecular complexity index is 585. The lowest BCUT2D eigenvalue weighted by atomic mass is 9.74. The van der Waals surface area contributed by atoms with Crippen LogP contribution in [0.15, 0.2) is 18.2 Å². The fourth-order valence-electron chi connectivity index (χ4n) is 3.13. The molecular weight excluding hydrogens is 354 g/mol. The monoisotopic (exact) mass is 378 g/mol. The summed E-state index contributed by atoms with van der Waals surface area (Å²) in [6.07, 6.45) is 3.50. The second-order valence-electron chi connectivity index (χ2n) is 6.37. The van der Waals surface area contributed by atoms with Gasteiger partial charge in [-0.05, 0) is 38.0 Å². The third kappa shape index (κ3) is 5.71. The molecule has 2 rings (SSSR count). The Morgan fingerprint density at radius 3 is 2.76 bits per heavy atom. The van der Waals surface area contributed by atoms with E-state index < -0.39 is 12.2 Å². The third-order valence-corrected chi connectivity index (χ3v) is 4.51.